The third kappa shape index (κ3) is 5.69. The van der Waals surface area contributed by atoms with Crippen molar-refractivity contribution in [2.45, 2.75) is 12.6 Å². The van der Waals surface area contributed by atoms with E-state index in [9.17, 15) is 14.4 Å². The summed E-state index contributed by atoms with van der Waals surface area (Å²) >= 11 is 0. The molecule has 132 valence electrons. The van der Waals surface area contributed by atoms with Gasteiger partial charge in [-0.15, -0.1) is 0 Å². The Kier molecular flexibility index (Phi) is 6.58. The summed E-state index contributed by atoms with van der Waals surface area (Å²) in [4.78, 5) is 35.4. The molecule has 0 saturated heterocycles. The van der Waals surface area contributed by atoms with Gasteiger partial charge in [-0.25, -0.2) is 9.59 Å². The first kappa shape index (κ1) is 18.1. The average molecular weight is 346 g/mol. The van der Waals surface area contributed by atoms with E-state index in [0.29, 0.717) is 0 Å². The van der Waals surface area contributed by atoms with Crippen LogP contribution in [0.3, 0.4) is 0 Å². The van der Waals surface area contributed by atoms with Crippen molar-refractivity contribution in [2.75, 3.05) is 13.7 Å². The fourth-order valence-electron chi connectivity index (χ4n) is 1.93. The van der Waals surface area contributed by atoms with E-state index >= 15 is 0 Å². The summed E-state index contributed by atoms with van der Waals surface area (Å²) in [5, 5.41) is 4.83. The van der Waals surface area contributed by atoms with Crippen molar-refractivity contribution in [2.24, 2.45) is 0 Å². The molecular formula is C17H18N2O6. The molecule has 1 unspecified atom stereocenters. The van der Waals surface area contributed by atoms with E-state index in [-0.39, 0.29) is 18.9 Å². The predicted octanol–water partition coefficient (Wildman–Crippen LogP) is 1.48. The molecule has 2 aromatic rings. The largest absolute Gasteiger partial charge is 0.467 e. The molecule has 0 saturated carbocycles. The second-order valence-electron chi connectivity index (χ2n) is 4.97. The Labute approximate surface area is 144 Å². The molecule has 0 aliphatic carbocycles. The van der Waals surface area contributed by atoms with E-state index in [1.165, 1.54) is 19.4 Å². The molecule has 8 heteroatoms. The van der Waals surface area contributed by atoms with E-state index in [1.807, 2.05) is 18.2 Å². The predicted molar refractivity (Wildman–Crippen MR) is 86.6 cm³/mol. The molecule has 2 amide bonds. The highest BCUT2D eigenvalue weighted by Gasteiger charge is 2.23. The van der Waals surface area contributed by atoms with Crippen LogP contribution in [0.1, 0.15) is 16.1 Å². The van der Waals surface area contributed by atoms with Crippen LogP contribution in [0, 0.1) is 0 Å². The van der Waals surface area contributed by atoms with Crippen LogP contribution < -0.4 is 10.6 Å². The number of carbonyl (C=O) groups excluding carboxylic acids is 3. The molecule has 1 aromatic carbocycles. The third-order valence-electron chi connectivity index (χ3n) is 3.20. The lowest BCUT2D eigenvalue weighted by atomic mass is 10.2. The topological polar surface area (TPSA) is 107 Å². The Morgan fingerprint density at radius 3 is 2.52 bits per heavy atom. The summed E-state index contributed by atoms with van der Waals surface area (Å²) in [5.74, 6) is -1.13. The van der Waals surface area contributed by atoms with Gasteiger partial charge in [0.2, 0.25) is 0 Å². The highest BCUT2D eigenvalue weighted by atomic mass is 16.6. The standard InChI is InChI=1S/C17H18N2O6/c1-23-16(21)13(10-18-15(20)14-8-5-9-24-14)19-17(22)25-11-12-6-3-2-4-7-12/h2-9,13H,10-11H2,1H3,(H,18,20)(H,19,22). The zero-order valence-electron chi connectivity index (χ0n) is 13.6. The Bertz CT molecular complexity index is 699. The molecule has 0 aliphatic rings. The van der Waals surface area contributed by atoms with E-state index in [4.69, 9.17) is 9.15 Å². The SMILES string of the molecule is COC(=O)C(CNC(=O)c1ccco1)NC(=O)OCc1ccccc1. The highest BCUT2D eigenvalue weighted by Crippen LogP contribution is 2.02. The Hall–Kier alpha value is -3.29. The maximum atomic E-state index is 11.8. The first-order valence-corrected chi connectivity index (χ1v) is 7.47. The van der Waals surface area contributed by atoms with Crippen LogP contribution >= 0.6 is 0 Å². The summed E-state index contributed by atoms with van der Waals surface area (Å²) < 4.78 is 14.6. The summed E-state index contributed by atoms with van der Waals surface area (Å²) in [6.45, 7) is -0.119. The second kappa shape index (κ2) is 9.11. The summed E-state index contributed by atoms with van der Waals surface area (Å²) in [6.07, 6.45) is 0.554. The molecule has 0 radical (unpaired) electrons. The van der Waals surface area contributed by atoms with Crippen molar-refractivity contribution >= 4 is 18.0 Å². The molecule has 0 fully saturated rings. The Morgan fingerprint density at radius 2 is 1.88 bits per heavy atom. The van der Waals surface area contributed by atoms with Crippen LogP contribution in [-0.4, -0.2) is 37.7 Å². The van der Waals surface area contributed by atoms with Gasteiger partial charge < -0.3 is 24.5 Å². The van der Waals surface area contributed by atoms with Crippen molar-refractivity contribution in [1.29, 1.82) is 0 Å². The van der Waals surface area contributed by atoms with Crippen LogP contribution in [0.5, 0.6) is 0 Å². The average Bonchev–Trinajstić information content (AvgIpc) is 3.18. The number of amides is 2. The Morgan fingerprint density at radius 1 is 1.12 bits per heavy atom. The van der Waals surface area contributed by atoms with Crippen molar-refractivity contribution in [1.82, 2.24) is 10.6 Å². The monoisotopic (exact) mass is 346 g/mol. The van der Waals surface area contributed by atoms with Crippen molar-refractivity contribution in [3.63, 3.8) is 0 Å². The Balaban J connectivity index is 1.85. The van der Waals surface area contributed by atoms with E-state index in [2.05, 4.69) is 15.4 Å². The second-order valence-corrected chi connectivity index (χ2v) is 4.97. The number of hydrogen-bond acceptors (Lipinski definition) is 6. The summed E-state index contributed by atoms with van der Waals surface area (Å²) in [6, 6.07) is 11.0. The summed E-state index contributed by atoms with van der Waals surface area (Å²) in [5.41, 5.74) is 0.804. The molecule has 1 heterocycles. The highest BCUT2D eigenvalue weighted by molar-refractivity contribution is 5.92. The van der Waals surface area contributed by atoms with Crippen LogP contribution in [-0.2, 0) is 20.9 Å². The number of esters is 1. The van der Waals surface area contributed by atoms with Crippen LogP contribution in [0.2, 0.25) is 0 Å². The normalized spacial score (nSPS) is 11.2. The number of nitrogens with one attached hydrogen (secondary N) is 2. The molecule has 0 aliphatic heterocycles. The fraction of sp³-hybridized carbons (Fsp3) is 0.235. The lowest BCUT2D eigenvalue weighted by Crippen LogP contribution is -2.49. The molecular weight excluding hydrogens is 328 g/mol. The van der Waals surface area contributed by atoms with Gasteiger partial charge in [0.1, 0.15) is 12.6 Å². The van der Waals surface area contributed by atoms with Gasteiger partial charge in [0.05, 0.1) is 13.4 Å². The minimum atomic E-state index is -1.09. The summed E-state index contributed by atoms with van der Waals surface area (Å²) in [7, 11) is 1.18. The lowest BCUT2D eigenvalue weighted by Gasteiger charge is -2.16. The quantitative estimate of drug-likeness (QED) is 0.736. The molecule has 8 nitrogen and oxygen atoms in total. The van der Waals surface area contributed by atoms with Gasteiger partial charge in [-0.1, -0.05) is 30.3 Å². The van der Waals surface area contributed by atoms with Gasteiger partial charge in [0, 0.05) is 6.54 Å². The number of ether oxygens (including phenoxy) is 2. The number of alkyl carbamates (subject to hydrolysis) is 1. The molecule has 1 aromatic heterocycles. The van der Waals surface area contributed by atoms with Crippen molar-refractivity contribution in [3.8, 4) is 0 Å². The van der Waals surface area contributed by atoms with Gasteiger partial charge >= 0.3 is 12.1 Å². The van der Waals surface area contributed by atoms with E-state index < -0.39 is 24.0 Å². The molecule has 2 N–H and O–H groups in total. The number of methoxy groups -OCH3 is 1. The van der Waals surface area contributed by atoms with Gasteiger partial charge in [-0.05, 0) is 17.7 Å². The number of hydrogen-bond donors (Lipinski definition) is 2. The number of furan rings is 1. The van der Waals surface area contributed by atoms with E-state index in [1.54, 1.807) is 18.2 Å². The van der Waals surface area contributed by atoms with Crippen LogP contribution in [0.15, 0.2) is 53.1 Å². The molecule has 25 heavy (non-hydrogen) atoms. The van der Waals surface area contributed by atoms with Crippen molar-refractivity contribution < 1.29 is 28.3 Å². The van der Waals surface area contributed by atoms with Gasteiger partial charge in [0.25, 0.3) is 5.91 Å². The zero-order valence-corrected chi connectivity index (χ0v) is 13.6. The minimum Gasteiger partial charge on any atom is -0.467 e. The smallest absolute Gasteiger partial charge is 0.408 e. The number of benzene rings is 1. The van der Waals surface area contributed by atoms with Crippen molar-refractivity contribution in [3.05, 3.63) is 60.1 Å². The van der Waals surface area contributed by atoms with Crippen LogP contribution in [0.25, 0.3) is 0 Å². The van der Waals surface area contributed by atoms with Crippen LogP contribution in [0.4, 0.5) is 4.79 Å². The first-order valence-electron chi connectivity index (χ1n) is 7.47. The van der Waals surface area contributed by atoms with E-state index in [0.717, 1.165) is 5.56 Å². The molecule has 2 rings (SSSR count). The maximum absolute atomic E-state index is 11.8. The maximum Gasteiger partial charge on any atom is 0.408 e. The first-order chi connectivity index (χ1) is 12.1. The minimum absolute atomic E-state index is 0.0549. The van der Waals surface area contributed by atoms with Gasteiger partial charge in [0.15, 0.2) is 5.76 Å². The number of carbonyl (C=O) groups is 3. The molecule has 1 atom stereocenters. The van der Waals surface area contributed by atoms with Gasteiger partial charge in [-0.3, -0.25) is 4.79 Å². The van der Waals surface area contributed by atoms with Gasteiger partial charge in [-0.2, -0.15) is 0 Å². The molecule has 0 spiro atoms. The number of rotatable bonds is 7. The third-order valence-corrected chi connectivity index (χ3v) is 3.20. The zero-order chi connectivity index (χ0) is 18.1. The molecule has 0 bridgehead atoms. The fourth-order valence-corrected chi connectivity index (χ4v) is 1.93. The lowest BCUT2D eigenvalue weighted by molar-refractivity contribution is -0.142.